The summed E-state index contributed by atoms with van der Waals surface area (Å²) in [6.45, 7) is 0. The lowest BCUT2D eigenvalue weighted by atomic mass is 10.1. The number of aliphatic carboxylic acids is 1. The first-order chi connectivity index (χ1) is 7.43. The monoisotopic (exact) mass is 234 g/mol. The van der Waals surface area contributed by atoms with Gasteiger partial charge in [-0.15, -0.1) is 0 Å². The first kappa shape index (κ1) is 12.2. The van der Waals surface area contributed by atoms with Crippen LogP contribution in [0, 0.1) is 11.6 Å². The molecular weight excluding hydrogens is 228 g/mol. The van der Waals surface area contributed by atoms with Crippen molar-refractivity contribution in [3.63, 3.8) is 0 Å². The number of rotatable bonds is 3. The van der Waals surface area contributed by atoms with Crippen molar-refractivity contribution < 1.29 is 27.5 Å². The van der Waals surface area contributed by atoms with Crippen molar-refractivity contribution in [2.75, 3.05) is 0 Å². The van der Waals surface area contributed by atoms with Gasteiger partial charge in [0, 0.05) is 11.6 Å². The van der Waals surface area contributed by atoms with Crippen LogP contribution >= 0.6 is 0 Å². The smallest absolute Gasteiger partial charge is 0.328 e. The van der Waals surface area contributed by atoms with Gasteiger partial charge >= 0.3 is 5.97 Å². The van der Waals surface area contributed by atoms with Crippen molar-refractivity contribution in [3.05, 3.63) is 41.0 Å². The Morgan fingerprint density at radius 2 is 1.94 bits per heavy atom. The summed E-state index contributed by atoms with van der Waals surface area (Å²) in [5, 5.41) is 8.26. The Labute approximate surface area is 87.8 Å². The SMILES string of the molecule is O=C(O)/C=C/c1c(F)ccc(C(F)F)c1F. The zero-order chi connectivity index (χ0) is 12.3. The second-order valence-electron chi connectivity index (χ2n) is 2.84. The fourth-order valence-electron chi connectivity index (χ4n) is 1.06. The van der Waals surface area contributed by atoms with Crippen LogP contribution in [0.15, 0.2) is 18.2 Å². The van der Waals surface area contributed by atoms with Gasteiger partial charge in [0.1, 0.15) is 11.6 Å². The van der Waals surface area contributed by atoms with Crippen LogP contribution in [0.1, 0.15) is 17.6 Å². The number of carboxylic acids is 1. The summed E-state index contributed by atoms with van der Waals surface area (Å²) in [4.78, 5) is 10.1. The van der Waals surface area contributed by atoms with Gasteiger partial charge in [0.15, 0.2) is 0 Å². The molecule has 2 nitrogen and oxygen atoms in total. The molecule has 0 saturated heterocycles. The molecule has 0 fully saturated rings. The van der Waals surface area contributed by atoms with Crippen LogP contribution in [0.2, 0.25) is 0 Å². The molecule has 1 rings (SSSR count). The molecule has 1 aromatic carbocycles. The fourth-order valence-corrected chi connectivity index (χ4v) is 1.06. The van der Waals surface area contributed by atoms with Gasteiger partial charge in [-0.1, -0.05) is 0 Å². The molecule has 0 aliphatic rings. The van der Waals surface area contributed by atoms with E-state index in [1.54, 1.807) is 0 Å². The number of carboxylic acid groups (broad SMARTS) is 1. The first-order valence-electron chi connectivity index (χ1n) is 4.10. The summed E-state index contributed by atoms with van der Waals surface area (Å²) < 4.78 is 50.8. The molecule has 1 N–H and O–H groups in total. The first-order valence-corrected chi connectivity index (χ1v) is 4.10. The summed E-state index contributed by atoms with van der Waals surface area (Å²) in [6, 6.07) is 1.28. The lowest BCUT2D eigenvalue weighted by Gasteiger charge is -2.05. The highest BCUT2D eigenvalue weighted by Gasteiger charge is 2.18. The van der Waals surface area contributed by atoms with E-state index in [0.717, 1.165) is 0 Å². The summed E-state index contributed by atoms with van der Waals surface area (Å²) in [5.41, 5.74) is -1.76. The second-order valence-corrected chi connectivity index (χ2v) is 2.84. The lowest BCUT2D eigenvalue weighted by molar-refractivity contribution is -0.131. The van der Waals surface area contributed by atoms with Crippen LogP contribution in [-0.4, -0.2) is 11.1 Å². The quantitative estimate of drug-likeness (QED) is 0.644. The molecule has 0 aliphatic carbocycles. The highest BCUT2D eigenvalue weighted by Crippen LogP contribution is 2.26. The van der Waals surface area contributed by atoms with Crippen LogP contribution < -0.4 is 0 Å². The zero-order valence-corrected chi connectivity index (χ0v) is 7.75. The van der Waals surface area contributed by atoms with Crippen LogP contribution in [0.4, 0.5) is 17.6 Å². The maximum atomic E-state index is 13.3. The van der Waals surface area contributed by atoms with Crippen molar-refractivity contribution in [1.82, 2.24) is 0 Å². The third-order valence-corrected chi connectivity index (χ3v) is 1.78. The van der Waals surface area contributed by atoms with Gasteiger partial charge in [-0.25, -0.2) is 22.4 Å². The maximum absolute atomic E-state index is 13.3. The van der Waals surface area contributed by atoms with Gasteiger partial charge in [0.2, 0.25) is 0 Å². The van der Waals surface area contributed by atoms with E-state index in [0.29, 0.717) is 24.3 Å². The van der Waals surface area contributed by atoms with Crippen molar-refractivity contribution in [1.29, 1.82) is 0 Å². The van der Waals surface area contributed by atoms with Crippen LogP contribution in [-0.2, 0) is 4.79 Å². The molecule has 0 aromatic heterocycles. The van der Waals surface area contributed by atoms with E-state index >= 15 is 0 Å². The lowest BCUT2D eigenvalue weighted by Crippen LogP contribution is -1.97. The molecule has 1 aromatic rings. The van der Waals surface area contributed by atoms with E-state index in [1.807, 2.05) is 0 Å². The topological polar surface area (TPSA) is 37.3 Å². The third-order valence-electron chi connectivity index (χ3n) is 1.78. The zero-order valence-electron chi connectivity index (χ0n) is 7.75. The summed E-state index contributed by atoms with van der Waals surface area (Å²) in [6.07, 6.45) is -2.02. The molecule has 0 amide bonds. The summed E-state index contributed by atoms with van der Waals surface area (Å²) in [7, 11) is 0. The number of benzene rings is 1. The Kier molecular flexibility index (Phi) is 3.65. The summed E-state index contributed by atoms with van der Waals surface area (Å²) >= 11 is 0. The fraction of sp³-hybridized carbons (Fsp3) is 0.100. The molecule has 16 heavy (non-hydrogen) atoms. The average Bonchev–Trinajstić information content (AvgIpc) is 2.16. The van der Waals surface area contributed by atoms with E-state index in [-0.39, 0.29) is 0 Å². The molecule has 0 heterocycles. The van der Waals surface area contributed by atoms with E-state index in [4.69, 9.17) is 5.11 Å². The average molecular weight is 234 g/mol. The Hall–Kier alpha value is -1.85. The molecule has 0 bridgehead atoms. The minimum atomic E-state index is -3.09. The van der Waals surface area contributed by atoms with Crippen molar-refractivity contribution in [2.45, 2.75) is 6.43 Å². The Balaban J connectivity index is 3.26. The van der Waals surface area contributed by atoms with Gasteiger partial charge in [-0.05, 0) is 18.2 Å². The molecule has 0 saturated carbocycles. The highest BCUT2D eigenvalue weighted by molar-refractivity contribution is 5.85. The van der Waals surface area contributed by atoms with Crippen LogP contribution in [0.5, 0.6) is 0 Å². The minimum absolute atomic E-state index is 0.469. The Morgan fingerprint density at radius 1 is 1.31 bits per heavy atom. The molecular formula is C10H6F4O2. The Morgan fingerprint density at radius 3 is 2.44 bits per heavy atom. The largest absolute Gasteiger partial charge is 0.478 e. The number of halogens is 4. The van der Waals surface area contributed by atoms with Crippen molar-refractivity contribution >= 4 is 12.0 Å². The molecule has 0 aliphatic heterocycles. The van der Waals surface area contributed by atoms with Crippen molar-refractivity contribution in [3.8, 4) is 0 Å². The molecule has 0 spiro atoms. The van der Waals surface area contributed by atoms with Gasteiger partial charge in [-0.2, -0.15) is 0 Å². The van der Waals surface area contributed by atoms with Gasteiger partial charge in [0.05, 0.1) is 5.56 Å². The standard InChI is InChI=1S/C10H6F4O2/c11-7-3-1-6(10(13)14)9(12)5(7)2-4-8(15)16/h1-4,10H,(H,15,16)/b4-2+. The van der Waals surface area contributed by atoms with Gasteiger partial charge in [0.25, 0.3) is 6.43 Å². The molecule has 0 unspecified atom stereocenters. The van der Waals surface area contributed by atoms with E-state index in [1.165, 1.54) is 0 Å². The molecule has 6 heteroatoms. The van der Waals surface area contributed by atoms with Crippen molar-refractivity contribution in [2.24, 2.45) is 0 Å². The number of hydrogen-bond donors (Lipinski definition) is 1. The molecule has 0 radical (unpaired) electrons. The highest BCUT2D eigenvalue weighted by atomic mass is 19.3. The van der Waals surface area contributed by atoms with Gasteiger partial charge < -0.3 is 5.11 Å². The van der Waals surface area contributed by atoms with Gasteiger partial charge in [-0.3, -0.25) is 0 Å². The second kappa shape index (κ2) is 4.78. The Bertz CT molecular complexity index is 441. The van der Waals surface area contributed by atoms with E-state index < -0.39 is 35.2 Å². The number of alkyl halides is 2. The predicted molar refractivity (Wildman–Crippen MR) is 48.0 cm³/mol. The molecule has 86 valence electrons. The number of carbonyl (C=O) groups is 1. The third kappa shape index (κ3) is 2.59. The van der Waals surface area contributed by atoms with Crippen LogP contribution in [0.25, 0.3) is 6.08 Å². The predicted octanol–water partition coefficient (Wildman–Crippen LogP) is 3.00. The van der Waals surface area contributed by atoms with E-state index in [2.05, 4.69) is 0 Å². The molecule has 0 atom stereocenters. The maximum Gasteiger partial charge on any atom is 0.328 e. The minimum Gasteiger partial charge on any atom is -0.478 e. The van der Waals surface area contributed by atoms with E-state index in [9.17, 15) is 22.4 Å². The summed E-state index contributed by atoms with van der Waals surface area (Å²) in [5.74, 6) is -3.98. The number of hydrogen-bond acceptors (Lipinski definition) is 1. The normalized spacial score (nSPS) is 11.3. The van der Waals surface area contributed by atoms with Crippen LogP contribution in [0.3, 0.4) is 0 Å².